The Balaban J connectivity index is 2.77. The monoisotopic (exact) mass is 297 g/mol. The number of benzene rings is 1. The molecule has 0 bridgehead atoms. The first kappa shape index (κ1) is 17.2. The molecule has 20 heavy (non-hydrogen) atoms. The van der Waals surface area contributed by atoms with Crippen molar-refractivity contribution in [2.45, 2.75) is 46.1 Å². The van der Waals surface area contributed by atoms with E-state index in [1.807, 2.05) is 0 Å². The van der Waals surface area contributed by atoms with Gasteiger partial charge < -0.3 is 5.32 Å². The van der Waals surface area contributed by atoms with Crippen LogP contribution in [0.4, 0.5) is 0 Å². The van der Waals surface area contributed by atoms with E-state index in [0.717, 1.165) is 19.4 Å². The van der Waals surface area contributed by atoms with Gasteiger partial charge in [-0.05, 0) is 45.2 Å². The van der Waals surface area contributed by atoms with Gasteiger partial charge in [-0.25, -0.2) is 8.42 Å². The first-order valence-corrected chi connectivity index (χ1v) is 9.37. The Morgan fingerprint density at radius 2 is 1.75 bits per heavy atom. The van der Waals surface area contributed by atoms with Crippen molar-refractivity contribution >= 4 is 9.84 Å². The quantitative estimate of drug-likeness (QED) is 0.801. The molecule has 1 rings (SSSR count). The maximum absolute atomic E-state index is 11.3. The lowest BCUT2D eigenvalue weighted by molar-refractivity contribution is 0.492. The van der Waals surface area contributed by atoms with Gasteiger partial charge >= 0.3 is 0 Å². The Kier molecular flexibility index (Phi) is 6.69. The third-order valence-corrected chi connectivity index (χ3v) is 4.33. The van der Waals surface area contributed by atoms with Crippen LogP contribution in [-0.4, -0.2) is 27.0 Å². The molecule has 0 amide bonds. The highest BCUT2D eigenvalue weighted by Gasteiger charge is 2.13. The smallest absolute Gasteiger partial charge is 0.147 e. The van der Waals surface area contributed by atoms with Crippen molar-refractivity contribution in [3.63, 3.8) is 0 Å². The zero-order valence-electron chi connectivity index (χ0n) is 13.1. The van der Waals surface area contributed by atoms with Crippen molar-refractivity contribution in [2.75, 3.05) is 18.6 Å². The van der Waals surface area contributed by atoms with Crippen LogP contribution in [0.15, 0.2) is 18.2 Å². The molecule has 1 aromatic rings. The lowest BCUT2D eigenvalue weighted by Gasteiger charge is -2.20. The van der Waals surface area contributed by atoms with Gasteiger partial charge in [0.25, 0.3) is 0 Å². The lowest BCUT2D eigenvalue weighted by Crippen LogP contribution is -2.23. The van der Waals surface area contributed by atoms with E-state index in [2.05, 4.69) is 44.3 Å². The van der Waals surface area contributed by atoms with Gasteiger partial charge in [0, 0.05) is 18.1 Å². The summed E-state index contributed by atoms with van der Waals surface area (Å²) in [6.45, 7) is 7.30. The van der Waals surface area contributed by atoms with Gasteiger partial charge in [-0.3, -0.25) is 0 Å². The second kappa shape index (κ2) is 7.79. The van der Waals surface area contributed by atoms with Gasteiger partial charge in [0.15, 0.2) is 0 Å². The van der Waals surface area contributed by atoms with Crippen molar-refractivity contribution in [3.05, 3.63) is 34.9 Å². The fraction of sp³-hybridized carbons (Fsp3) is 0.625. The minimum atomic E-state index is -2.87. The average molecular weight is 297 g/mol. The van der Waals surface area contributed by atoms with Crippen LogP contribution in [0.3, 0.4) is 0 Å². The van der Waals surface area contributed by atoms with E-state index in [4.69, 9.17) is 0 Å². The number of rotatable bonds is 8. The van der Waals surface area contributed by atoms with Crippen LogP contribution in [0.5, 0.6) is 0 Å². The second-order valence-corrected chi connectivity index (χ2v) is 7.96. The first-order valence-electron chi connectivity index (χ1n) is 7.31. The number of hydrogen-bond donors (Lipinski definition) is 1. The molecule has 0 fully saturated rings. The predicted molar refractivity (Wildman–Crippen MR) is 85.9 cm³/mol. The summed E-state index contributed by atoms with van der Waals surface area (Å²) in [4.78, 5) is 0. The molecule has 114 valence electrons. The Morgan fingerprint density at radius 3 is 2.25 bits per heavy atom. The third-order valence-electron chi connectivity index (χ3n) is 3.30. The molecule has 0 saturated heterocycles. The molecular formula is C16H27NO2S. The predicted octanol–water partition coefficient (Wildman–Crippen LogP) is 3.17. The van der Waals surface area contributed by atoms with Crippen LogP contribution in [0.1, 0.15) is 48.9 Å². The number of nitrogens with one attached hydrogen (secondary N) is 1. The molecule has 0 spiro atoms. The summed E-state index contributed by atoms with van der Waals surface area (Å²) in [6, 6.07) is 6.80. The fourth-order valence-electron chi connectivity index (χ4n) is 2.47. The summed E-state index contributed by atoms with van der Waals surface area (Å²) in [5, 5.41) is 3.53. The van der Waals surface area contributed by atoms with Gasteiger partial charge in [-0.1, -0.05) is 36.2 Å². The lowest BCUT2D eigenvalue weighted by atomic mass is 9.98. The largest absolute Gasteiger partial charge is 0.310 e. The van der Waals surface area contributed by atoms with Crippen LogP contribution in [0, 0.1) is 13.8 Å². The van der Waals surface area contributed by atoms with Crippen molar-refractivity contribution in [1.82, 2.24) is 5.32 Å². The van der Waals surface area contributed by atoms with Crippen LogP contribution >= 0.6 is 0 Å². The van der Waals surface area contributed by atoms with Crippen LogP contribution in [0.2, 0.25) is 0 Å². The van der Waals surface area contributed by atoms with Gasteiger partial charge in [0.2, 0.25) is 0 Å². The van der Waals surface area contributed by atoms with E-state index in [1.165, 1.54) is 22.9 Å². The van der Waals surface area contributed by atoms with E-state index in [1.54, 1.807) is 0 Å². The minimum absolute atomic E-state index is 0.246. The highest BCUT2D eigenvalue weighted by Crippen LogP contribution is 2.21. The topological polar surface area (TPSA) is 46.2 Å². The Bertz CT molecular complexity index is 503. The normalized spacial score (nSPS) is 13.4. The Labute approximate surface area is 123 Å². The summed E-state index contributed by atoms with van der Waals surface area (Å²) < 4.78 is 22.5. The number of hydrogen-bond acceptors (Lipinski definition) is 3. The minimum Gasteiger partial charge on any atom is -0.310 e. The maximum Gasteiger partial charge on any atom is 0.147 e. The molecule has 0 radical (unpaired) electrons. The molecule has 0 saturated carbocycles. The summed E-state index contributed by atoms with van der Waals surface area (Å²) in [5.41, 5.74) is 3.78. The van der Waals surface area contributed by atoms with E-state index in [9.17, 15) is 8.42 Å². The fourth-order valence-corrected chi connectivity index (χ4v) is 3.16. The maximum atomic E-state index is 11.3. The molecule has 0 aliphatic heterocycles. The molecule has 1 unspecified atom stereocenters. The number of aryl methyl sites for hydroxylation is 2. The van der Waals surface area contributed by atoms with Crippen molar-refractivity contribution in [1.29, 1.82) is 0 Å². The summed E-state index contributed by atoms with van der Waals surface area (Å²) >= 11 is 0. The Hall–Kier alpha value is -0.870. The molecule has 0 heterocycles. The standard InChI is InChI=1S/C16H27NO2S/c1-5-8-17-16(7-6-9-20(4,18)19)15-11-13(2)10-14(3)12-15/h10-12,16-17H,5-9H2,1-4H3. The van der Waals surface area contributed by atoms with Crippen LogP contribution < -0.4 is 5.32 Å². The van der Waals surface area contributed by atoms with E-state index >= 15 is 0 Å². The molecule has 1 aromatic carbocycles. The zero-order valence-corrected chi connectivity index (χ0v) is 13.9. The molecule has 0 aliphatic carbocycles. The molecule has 0 aliphatic rings. The van der Waals surface area contributed by atoms with Crippen LogP contribution in [0.25, 0.3) is 0 Å². The van der Waals surface area contributed by atoms with Crippen molar-refractivity contribution in [3.8, 4) is 0 Å². The molecule has 3 nitrogen and oxygen atoms in total. The molecular weight excluding hydrogens is 270 g/mol. The van der Waals surface area contributed by atoms with Crippen LogP contribution in [-0.2, 0) is 9.84 Å². The van der Waals surface area contributed by atoms with Gasteiger partial charge in [-0.15, -0.1) is 0 Å². The summed E-state index contributed by atoms with van der Waals surface area (Å²) in [6.07, 6.45) is 3.94. The van der Waals surface area contributed by atoms with E-state index in [0.29, 0.717) is 6.42 Å². The van der Waals surface area contributed by atoms with Gasteiger partial charge in [-0.2, -0.15) is 0 Å². The second-order valence-electron chi connectivity index (χ2n) is 5.70. The highest BCUT2D eigenvalue weighted by molar-refractivity contribution is 7.90. The van der Waals surface area contributed by atoms with Crippen molar-refractivity contribution < 1.29 is 8.42 Å². The zero-order chi connectivity index (χ0) is 15.2. The molecule has 1 N–H and O–H groups in total. The summed E-state index contributed by atoms with van der Waals surface area (Å²) in [7, 11) is -2.87. The Morgan fingerprint density at radius 1 is 1.15 bits per heavy atom. The van der Waals surface area contributed by atoms with Gasteiger partial charge in [0.05, 0.1) is 0 Å². The van der Waals surface area contributed by atoms with E-state index in [-0.39, 0.29) is 11.8 Å². The van der Waals surface area contributed by atoms with Gasteiger partial charge in [0.1, 0.15) is 9.84 Å². The highest BCUT2D eigenvalue weighted by atomic mass is 32.2. The van der Waals surface area contributed by atoms with E-state index < -0.39 is 9.84 Å². The van der Waals surface area contributed by atoms with Crippen molar-refractivity contribution in [2.24, 2.45) is 0 Å². The summed E-state index contributed by atoms with van der Waals surface area (Å²) in [5.74, 6) is 0.266. The molecule has 1 atom stereocenters. The SMILES string of the molecule is CCCNC(CCCS(C)(=O)=O)c1cc(C)cc(C)c1. The molecule has 0 aromatic heterocycles. The third kappa shape index (κ3) is 6.53. The molecule has 4 heteroatoms. The average Bonchev–Trinajstić information content (AvgIpc) is 2.30. The number of sulfone groups is 1. The first-order chi connectivity index (χ1) is 9.31.